The summed E-state index contributed by atoms with van der Waals surface area (Å²) in [5.41, 5.74) is 27.6. The van der Waals surface area contributed by atoms with Crippen molar-refractivity contribution in [2.24, 2.45) is 0 Å². The zero-order chi connectivity index (χ0) is 33.6. The minimum atomic E-state index is 0.822. The van der Waals surface area contributed by atoms with Crippen LogP contribution in [0, 0.1) is 0 Å². The highest BCUT2D eigenvalue weighted by Crippen LogP contribution is 2.24. The molecule has 2 nitrogen and oxygen atoms in total. The van der Waals surface area contributed by atoms with Gasteiger partial charge in [0.25, 0.3) is 0 Å². The van der Waals surface area contributed by atoms with Gasteiger partial charge in [-0.2, -0.15) is 0 Å². The second-order valence-corrected chi connectivity index (χ2v) is 13.8. The number of anilines is 2. The molecule has 0 aliphatic heterocycles. The van der Waals surface area contributed by atoms with E-state index in [1.807, 2.05) is 24.3 Å². The Bertz CT molecular complexity index is 1550. The monoisotopic (exact) mass is 636 g/mol. The molecule has 5 aromatic carbocycles. The summed E-state index contributed by atoms with van der Waals surface area (Å²) in [6.45, 7) is 4.57. The van der Waals surface area contributed by atoms with E-state index in [0.29, 0.717) is 0 Å². The van der Waals surface area contributed by atoms with Crippen LogP contribution < -0.4 is 11.5 Å². The van der Waals surface area contributed by atoms with Crippen molar-refractivity contribution < 1.29 is 0 Å². The molecule has 0 heterocycles. The second-order valence-electron chi connectivity index (χ2n) is 13.8. The molecule has 0 atom stereocenters. The maximum Gasteiger partial charge on any atom is 0.0314 e. The van der Waals surface area contributed by atoms with Crippen LogP contribution >= 0.6 is 0 Å². The first-order valence-electron chi connectivity index (χ1n) is 18.5. The topological polar surface area (TPSA) is 52.0 Å². The lowest BCUT2D eigenvalue weighted by atomic mass is 9.91. The summed E-state index contributed by atoms with van der Waals surface area (Å²) < 4.78 is 0. The number of rotatable bonds is 18. The molecule has 2 heteroatoms. The second kappa shape index (κ2) is 18.3. The molecule has 0 aromatic heterocycles. The fourth-order valence-electron chi connectivity index (χ4n) is 6.83. The van der Waals surface area contributed by atoms with E-state index in [-0.39, 0.29) is 0 Å². The molecule has 0 amide bonds. The first-order chi connectivity index (χ1) is 23.5. The number of nitrogen functional groups attached to an aromatic ring is 2. The summed E-state index contributed by atoms with van der Waals surface area (Å²) in [5.74, 6) is 0. The van der Waals surface area contributed by atoms with Crippen LogP contribution in [0.25, 0.3) is 0 Å². The Kier molecular flexibility index (Phi) is 13.3. The van der Waals surface area contributed by atoms with Crippen molar-refractivity contribution in [1.29, 1.82) is 0 Å². The van der Waals surface area contributed by atoms with Crippen LogP contribution in [0.1, 0.15) is 121 Å². The van der Waals surface area contributed by atoms with Crippen LogP contribution in [0.4, 0.5) is 11.4 Å². The molecule has 48 heavy (non-hydrogen) atoms. The van der Waals surface area contributed by atoms with E-state index in [0.717, 1.165) is 49.9 Å². The SMILES string of the molecule is CCCCCCc1cc(Cc2ccc(N)cc2)ccc1Cc1ccc(Cc2ccc(Cc3ccc(N)cc3)cc2CCCCCC)cc1. The van der Waals surface area contributed by atoms with E-state index in [1.54, 1.807) is 0 Å². The van der Waals surface area contributed by atoms with E-state index in [4.69, 9.17) is 11.5 Å². The molecule has 5 aromatic rings. The summed E-state index contributed by atoms with van der Waals surface area (Å²) in [4.78, 5) is 0. The lowest BCUT2D eigenvalue weighted by Crippen LogP contribution is -2.01. The molecule has 0 aliphatic carbocycles. The third-order valence-corrected chi connectivity index (χ3v) is 9.73. The summed E-state index contributed by atoms with van der Waals surface area (Å²) in [6, 6.07) is 40.4. The molecule has 0 saturated carbocycles. The highest BCUT2D eigenvalue weighted by atomic mass is 14.5. The molecule has 4 N–H and O–H groups in total. The molecular formula is C46H56N2. The van der Waals surface area contributed by atoms with Gasteiger partial charge < -0.3 is 11.5 Å². The Labute approximate surface area is 290 Å². The molecule has 5 rings (SSSR count). The van der Waals surface area contributed by atoms with Crippen LogP contribution in [0.3, 0.4) is 0 Å². The van der Waals surface area contributed by atoms with E-state index in [2.05, 4.69) is 98.8 Å². The van der Waals surface area contributed by atoms with Crippen LogP contribution in [0.2, 0.25) is 0 Å². The van der Waals surface area contributed by atoms with E-state index < -0.39 is 0 Å². The van der Waals surface area contributed by atoms with Crippen molar-refractivity contribution in [1.82, 2.24) is 0 Å². The highest BCUT2D eigenvalue weighted by Gasteiger charge is 2.10. The van der Waals surface area contributed by atoms with E-state index in [9.17, 15) is 0 Å². The largest absolute Gasteiger partial charge is 0.399 e. The van der Waals surface area contributed by atoms with Gasteiger partial charge in [0.1, 0.15) is 0 Å². The predicted molar refractivity (Wildman–Crippen MR) is 208 cm³/mol. The summed E-state index contributed by atoms with van der Waals surface area (Å²) in [6.07, 6.45) is 16.4. The minimum Gasteiger partial charge on any atom is -0.399 e. The molecule has 0 fully saturated rings. The molecular weight excluding hydrogens is 581 g/mol. The molecule has 0 radical (unpaired) electrons. The Balaban J connectivity index is 1.28. The van der Waals surface area contributed by atoms with Gasteiger partial charge in [-0.15, -0.1) is 0 Å². The molecule has 250 valence electrons. The van der Waals surface area contributed by atoms with Crippen LogP contribution in [-0.2, 0) is 38.5 Å². The van der Waals surface area contributed by atoms with Crippen molar-refractivity contribution in [2.75, 3.05) is 11.5 Å². The number of hydrogen-bond donors (Lipinski definition) is 2. The molecule has 0 bridgehead atoms. The van der Waals surface area contributed by atoms with Crippen molar-refractivity contribution in [3.05, 3.63) is 165 Å². The van der Waals surface area contributed by atoms with E-state index in [1.165, 1.54) is 107 Å². The van der Waals surface area contributed by atoms with Crippen LogP contribution in [0.5, 0.6) is 0 Å². The van der Waals surface area contributed by atoms with Gasteiger partial charge in [0.2, 0.25) is 0 Å². The number of hydrogen-bond acceptors (Lipinski definition) is 2. The number of unbranched alkanes of at least 4 members (excludes halogenated alkanes) is 6. The zero-order valence-electron chi connectivity index (χ0n) is 29.4. The maximum atomic E-state index is 5.93. The predicted octanol–water partition coefficient (Wildman–Crippen LogP) is 11.5. The Hall–Kier alpha value is -4.30. The molecule has 0 unspecified atom stereocenters. The number of nitrogens with two attached hydrogens (primary N) is 2. The maximum absolute atomic E-state index is 5.93. The first-order valence-corrected chi connectivity index (χ1v) is 18.5. The van der Waals surface area contributed by atoms with Crippen LogP contribution in [-0.4, -0.2) is 0 Å². The van der Waals surface area contributed by atoms with Crippen molar-refractivity contribution in [3.8, 4) is 0 Å². The smallest absolute Gasteiger partial charge is 0.0314 e. The summed E-state index contributed by atoms with van der Waals surface area (Å²) in [5, 5.41) is 0. The summed E-state index contributed by atoms with van der Waals surface area (Å²) >= 11 is 0. The number of aryl methyl sites for hydroxylation is 2. The van der Waals surface area contributed by atoms with Crippen molar-refractivity contribution in [2.45, 2.75) is 104 Å². The number of benzene rings is 5. The summed E-state index contributed by atoms with van der Waals surface area (Å²) in [7, 11) is 0. The molecule has 0 saturated heterocycles. The zero-order valence-corrected chi connectivity index (χ0v) is 29.4. The van der Waals surface area contributed by atoms with Crippen LogP contribution in [0.15, 0.2) is 109 Å². The Morgan fingerprint density at radius 3 is 1.04 bits per heavy atom. The van der Waals surface area contributed by atoms with Gasteiger partial charge in [-0.05, 0) is 131 Å². The standard InChI is InChI=1S/C46H56N2/c1-3-5-7-9-11-41-33-39(29-35-19-25-45(47)26-20-35)17-23-43(41)31-37-13-15-38(16-14-37)32-44-24-18-40(30-36-21-27-46(48)28-22-36)34-42(44)12-10-8-6-4-2/h13-28,33-34H,3-12,29-32,47-48H2,1-2H3. The third-order valence-electron chi connectivity index (χ3n) is 9.73. The quantitative estimate of drug-likeness (QED) is 0.0742. The van der Waals surface area contributed by atoms with Gasteiger partial charge in [0, 0.05) is 11.4 Å². The minimum absolute atomic E-state index is 0.822. The van der Waals surface area contributed by atoms with Crippen molar-refractivity contribution >= 4 is 11.4 Å². The van der Waals surface area contributed by atoms with Gasteiger partial charge in [0.05, 0.1) is 0 Å². The van der Waals surface area contributed by atoms with Gasteiger partial charge in [-0.3, -0.25) is 0 Å². The van der Waals surface area contributed by atoms with E-state index >= 15 is 0 Å². The Morgan fingerprint density at radius 1 is 0.333 bits per heavy atom. The third kappa shape index (κ3) is 10.9. The normalized spacial score (nSPS) is 11.2. The van der Waals surface area contributed by atoms with Gasteiger partial charge in [-0.25, -0.2) is 0 Å². The fourth-order valence-corrected chi connectivity index (χ4v) is 6.83. The van der Waals surface area contributed by atoms with Crippen molar-refractivity contribution in [3.63, 3.8) is 0 Å². The van der Waals surface area contributed by atoms with Gasteiger partial charge in [-0.1, -0.05) is 137 Å². The highest BCUT2D eigenvalue weighted by molar-refractivity contribution is 5.44. The van der Waals surface area contributed by atoms with Gasteiger partial charge in [0.15, 0.2) is 0 Å². The lowest BCUT2D eigenvalue weighted by Gasteiger charge is -2.14. The average Bonchev–Trinajstić information content (AvgIpc) is 3.10. The molecule has 0 aliphatic rings. The lowest BCUT2D eigenvalue weighted by molar-refractivity contribution is 0.664. The Morgan fingerprint density at radius 2 is 0.667 bits per heavy atom. The fraction of sp³-hybridized carbons (Fsp3) is 0.348. The molecule has 0 spiro atoms. The van der Waals surface area contributed by atoms with Gasteiger partial charge >= 0.3 is 0 Å². The average molecular weight is 637 g/mol. The first kappa shape index (κ1) is 35.0.